The Morgan fingerprint density at radius 2 is 1.86 bits per heavy atom. The van der Waals surface area contributed by atoms with E-state index in [9.17, 15) is 4.79 Å². The number of aromatic nitrogens is 1. The lowest BCUT2D eigenvalue weighted by atomic mass is 10.0. The summed E-state index contributed by atoms with van der Waals surface area (Å²) in [6.07, 6.45) is 3.10. The maximum atomic E-state index is 12.9. The van der Waals surface area contributed by atoms with E-state index in [1.54, 1.807) is 24.5 Å². The summed E-state index contributed by atoms with van der Waals surface area (Å²) in [6, 6.07) is 13.3. The van der Waals surface area contributed by atoms with Crippen LogP contribution in [0.25, 0.3) is 11.5 Å². The average Bonchev–Trinajstić information content (AvgIpc) is 3.14. The fourth-order valence-corrected chi connectivity index (χ4v) is 3.59. The second-order valence-corrected chi connectivity index (χ2v) is 7.24. The second kappa shape index (κ2) is 6.83. The Labute approximate surface area is 162 Å². The molecule has 5 rings (SSSR count). The van der Waals surface area contributed by atoms with Crippen LogP contribution in [0.15, 0.2) is 57.7 Å². The molecule has 1 aliphatic heterocycles. The zero-order chi connectivity index (χ0) is 19.0. The molecule has 2 aliphatic rings. The third-order valence-corrected chi connectivity index (χ3v) is 5.45. The van der Waals surface area contributed by atoms with Crippen molar-refractivity contribution in [2.75, 3.05) is 36.5 Å². The van der Waals surface area contributed by atoms with Crippen LogP contribution in [0.5, 0.6) is 0 Å². The molecule has 1 aromatic carbocycles. The molecule has 144 valence electrons. The van der Waals surface area contributed by atoms with Gasteiger partial charge in [0.05, 0.1) is 30.6 Å². The molecule has 0 spiro atoms. The van der Waals surface area contributed by atoms with Crippen LogP contribution in [0, 0.1) is 0 Å². The lowest BCUT2D eigenvalue weighted by Crippen LogP contribution is -2.36. The number of hydrogen-bond acceptors (Lipinski definition) is 6. The molecule has 7 nitrogen and oxygen atoms in total. The van der Waals surface area contributed by atoms with E-state index in [0.29, 0.717) is 17.2 Å². The Morgan fingerprint density at radius 3 is 2.54 bits per heavy atom. The number of nitrogens with one attached hydrogen (secondary N) is 1. The van der Waals surface area contributed by atoms with Crippen LogP contribution in [0.2, 0.25) is 0 Å². The molecule has 3 aromatic rings. The van der Waals surface area contributed by atoms with Gasteiger partial charge < -0.3 is 23.9 Å². The van der Waals surface area contributed by atoms with E-state index in [-0.39, 0.29) is 5.91 Å². The van der Waals surface area contributed by atoms with Crippen LogP contribution in [-0.2, 0) is 14.9 Å². The summed E-state index contributed by atoms with van der Waals surface area (Å²) in [4.78, 5) is 15.2. The quantitative estimate of drug-likeness (QED) is 0.731. The smallest absolute Gasteiger partial charge is 0.236 e. The highest BCUT2D eigenvalue weighted by molar-refractivity contribution is 6.01. The first-order valence-corrected chi connectivity index (χ1v) is 9.50. The number of amides is 1. The average molecular weight is 379 g/mol. The van der Waals surface area contributed by atoms with Crippen molar-refractivity contribution in [3.8, 4) is 11.5 Å². The van der Waals surface area contributed by atoms with Gasteiger partial charge in [-0.15, -0.1) is 0 Å². The Kier molecular flexibility index (Phi) is 4.16. The van der Waals surface area contributed by atoms with Gasteiger partial charge in [0.1, 0.15) is 0 Å². The molecule has 1 aliphatic carbocycles. The monoisotopic (exact) mass is 379 g/mol. The number of benzene rings is 1. The molecule has 7 heteroatoms. The first-order valence-electron chi connectivity index (χ1n) is 9.50. The highest BCUT2D eigenvalue weighted by atomic mass is 16.5. The highest BCUT2D eigenvalue weighted by Crippen LogP contribution is 2.49. The van der Waals surface area contributed by atoms with Crippen molar-refractivity contribution in [2.45, 2.75) is 18.3 Å². The lowest BCUT2D eigenvalue weighted by Gasteiger charge is -2.29. The van der Waals surface area contributed by atoms with E-state index in [2.05, 4.69) is 15.4 Å². The second-order valence-electron chi connectivity index (χ2n) is 7.24. The van der Waals surface area contributed by atoms with Gasteiger partial charge in [-0.05, 0) is 49.2 Å². The Balaban J connectivity index is 1.28. The minimum atomic E-state index is -0.614. The minimum Gasteiger partial charge on any atom is -0.461 e. The molecule has 0 atom stereocenters. The van der Waals surface area contributed by atoms with Crippen LogP contribution in [0.1, 0.15) is 18.5 Å². The number of ether oxygens (including phenoxy) is 1. The minimum absolute atomic E-state index is 0.0501. The summed E-state index contributed by atoms with van der Waals surface area (Å²) in [6.45, 7) is 3.27. The molecule has 1 N–H and O–H groups in total. The number of hydrogen-bond donors (Lipinski definition) is 1. The first kappa shape index (κ1) is 17.1. The van der Waals surface area contributed by atoms with Crippen molar-refractivity contribution in [2.24, 2.45) is 0 Å². The number of carbonyl (C=O) groups is 1. The molecule has 0 radical (unpaired) electrons. The van der Waals surface area contributed by atoms with Crippen LogP contribution in [0.3, 0.4) is 0 Å². The van der Waals surface area contributed by atoms with Crippen LogP contribution < -0.4 is 10.2 Å². The maximum absolute atomic E-state index is 12.9. The summed E-state index contributed by atoms with van der Waals surface area (Å²) >= 11 is 0. The van der Waals surface area contributed by atoms with E-state index >= 15 is 0 Å². The Bertz CT molecular complexity index is 952. The number of anilines is 2. The fourth-order valence-electron chi connectivity index (χ4n) is 3.59. The topological polar surface area (TPSA) is 80.7 Å². The zero-order valence-electron chi connectivity index (χ0n) is 15.4. The number of nitrogens with zero attached hydrogens (tertiary/aromatic N) is 2. The fraction of sp³-hybridized carbons (Fsp3) is 0.333. The van der Waals surface area contributed by atoms with E-state index in [0.717, 1.165) is 50.5 Å². The van der Waals surface area contributed by atoms with Crippen LogP contribution in [-0.4, -0.2) is 37.4 Å². The van der Waals surface area contributed by atoms with E-state index < -0.39 is 5.41 Å². The summed E-state index contributed by atoms with van der Waals surface area (Å²) in [5.74, 6) is 1.09. The molecule has 1 saturated carbocycles. The molecular formula is C21H21N3O4. The molecule has 3 heterocycles. The van der Waals surface area contributed by atoms with E-state index in [4.69, 9.17) is 13.7 Å². The van der Waals surface area contributed by atoms with Gasteiger partial charge in [-0.25, -0.2) is 0 Å². The van der Waals surface area contributed by atoms with Gasteiger partial charge in [0, 0.05) is 30.5 Å². The summed E-state index contributed by atoms with van der Waals surface area (Å²) in [5.41, 5.74) is 1.96. The van der Waals surface area contributed by atoms with Crippen LogP contribution in [0.4, 0.5) is 11.4 Å². The van der Waals surface area contributed by atoms with Gasteiger partial charge in [0.2, 0.25) is 11.7 Å². The molecular weight excluding hydrogens is 358 g/mol. The summed E-state index contributed by atoms with van der Waals surface area (Å²) in [7, 11) is 0. The van der Waals surface area contributed by atoms with Crippen molar-refractivity contribution in [1.82, 2.24) is 5.16 Å². The molecule has 28 heavy (non-hydrogen) atoms. The first-order chi connectivity index (χ1) is 13.7. The van der Waals surface area contributed by atoms with Gasteiger partial charge in [-0.1, -0.05) is 5.16 Å². The number of rotatable bonds is 5. The third-order valence-electron chi connectivity index (χ3n) is 5.45. The molecule has 0 unspecified atom stereocenters. The van der Waals surface area contributed by atoms with Crippen molar-refractivity contribution >= 4 is 17.3 Å². The molecule has 2 aromatic heterocycles. The predicted molar refractivity (Wildman–Crippen MR) is 103 cm³/mol. The summed E-state index contributed by atoms with van der Waals surface area (Å²) in [5, 5.41) is 7.16. The van der Waals surface area contributed by atoms with E-state index in [1.807, 2.05) is 24.3 Å². The van der Waals surface area contributed by atoms with Gasteiger partial charge in [-0.3, -0.25) is 4.79 Å². The normalized spacial score (nSPS) is 18.1. The molecule has 2 fully saturated rings. The maximum Gasteiger partial charge on any atom is 0.236 e. The third kappa shape index (κ3) is 3.07. The molecule has 1 saturated heterocycles. The largest absolute Gasteiger partial charge is 0.461 e. The number of furan rings is 1. The standard InChI is InChI=1S/C21H21N3O4/c25-20(22-15-3-5-16(6-4-15)24-9-12-26-13-10-24)21(7-8-21)19-14-18(28-23-19)17-2-1-11-27-17/h1-6,11,14H,7-10,12-13H2,(H,22,25). The highest BCUT2D eigenvalue weighted by Gasteiger charge is 2.54. The van der Waals surface area contributed by atoms with Crippen molar-refractivity contribution in [3.05, 3.63) is 54.4 Å². The Hall–Kier alpha value is -3.06. The predicted octanol–water partition coefficient (Wildman–Crippen LogP) is 3.44. The van der Waals surface area contributed by atoms with Gasteiger partial charge >= 0.3 is 0 Å². The molecule has 1 amide bonds. The number of carbonyl (C=O) groups excluding carboxylic acids is 1. The van der Waals surface area contributed by atoms with Gasteiger partial charge in [0.15, 0.2) is 5.76 Å². The Morgan fingerprint density at radius 1 is 1.07 bits per heavy atom. The van der Waals surface area contributed by atoms with Crippen LogP contribution >= 0.6 is 0 Å². The SMILES string of the molecule is O=C(Nc1ccc(N2CCOCC2)cc1)C1(c2cc(-c3ccco3)on2)CC1. The van der Waals surface area contributed by atoms with Gasteiger partial charge in [0.25, 0.3) is 0 Å². The molecule has 0 bridgehead atoms. The lowest BCUT2D eigenvalue weighted by molar-refractivity contribution is -0.118. The van der Waals surface area contributed by atoms with Crippen molar-refractivity contribution in [3.63, 3.8) is 0 Å². The van der Waals surface area contributed by atoms with Gasteiger partial charge in [-0.2, -0.15) is 0 Å². The van der Waals surface area contributed by atoms with Crippen molar-refractivity contribution in [1.29, 1.82) is 0 Å². The zero-order valence-corrected chi connectivity index (χ0v) is 15.4. The van der Waals surface area contributed by atoms with E-state index in [1.165, 1.54) is 0 Å². The number of morpholine rings is 1. The van der Waals surface area contributed by atoms with Crippen molar-refractivity contribution < 1.29 is 18.5 Å². The summed E-state index contributed by atoms with van der Waals surface area (Å²) < 4.78 is 16.1.